The fraction of sp³-hybridized carbons (Fsp3) is 0.0417. The van der Waals surface area contributed by atoms with Crippen LogP contribution in [0.15, 0.2) is 72.8 Å². The Balaban J connectivity index is 1.72. The fourth-order valence-electron chi connectivity index (χ4n) is 3.32. The van der Waals surface area contributed by atoms with Gasteiger partial charge in [-0.2, -0.15) is 5.10 Å². The van der Waals surface area contributed by atoms with Gasteiger partial charge < -0.3 is 0 Å². The predicted molar refractivity (Wildman–Crippen MR) is 130 cm³/mol. The monoisotopic (exact) mass is 498 g/mol. The molecule has 33 heavy (non-hydrogen) atoms. The van der Waals surface area contributed by atoms with Gasteiger partial charge in [-0.3, -0.25) is 20.4 Å². The first-order chi connectivity index (χ1) is 15.8. The van der Waals surface area contributed by atoms with Crippen LogP contribution in [0.1, 0.15) is 26.4 Å². The number of hydrogen-bond acceptors (Lipinski definition) is 3. The van der Waals surface area contributed by atoms with Gasteiger partial charge in [0.15, 0.2) is 5.69 Å². The maximum absolute atomic E-state index is 12.9. The van der Waals surface area contributed by atoms with Gasteiger partial charge in [0.1, 0.15) is 0 Å². The maximum Gasteiger partial charge on any atom is 0.290 e. The Bertz CT molecular complexity index is 1340. The second-order valence-corrected chi connectivity index (χ2v) is 8.39. The number of nitrogens with zero attached hydrogens (tertiary/aromatic N) is 2. The first kappa shape index (κ1) is 22.9. The van der Waals surface area contributed by atoms with E-state index in [0.29, 0.717) is 37.6 Å². The summed E-state index contributed by atoms with van der Waals surface area (Å²) in [6.07, 6.45) is 0. The molecule has 0 spiro atoms. The number of hydrazine groups is 1. The molecule has 0 unspecified atom stereocenters. The summed E-state index contributed by atoms with van der Waals surface area (Å²) in [5.74, 6) is -1.02. The number of halogens is 3. The van der Waals surface area contributed by atoms with E-state index >= 15 is 0 Å². The minimum atomic E-state index is -0.573. The molecule has 3 aromatic carbocycles. The molecule has 0 saturated heterocycles. The molecule has 0 aliphatic heterocycles. The summed E-state index contributed by atoms with van der Waals surface area (Å²) < 4.78 is 1.57. The van der Waals surface area contributed by atoms with Crippen molar-refractivity contribution in [2.75, 3.05) is 0 Å². The van der Waals surface area contributed by atoms with E-state index in [1.165, 1.54) is 0 Å². The van der Waals surface area contributed by atoms with Crippen molar-refractivity contribution >= 4 is 46.6 Å². The third-order valence-electron chi connectivity index (χ3n) is 4.92. The summed E-state index contributed by atoms with van der Waals surface area (Å²) in [7, 11) is 0. The van der Waals surface area contributed by atoms with Crippen LogP contribution in [0.25, 0.3) is 16.9 Å². The molecule has 0 aliphatic carbocycles. The number of carbonyl (C=O) groups is 2. The third kappa shape index (κ3) is 4.88. The molecule has 4 rings (SSSR count). The predicted octanol–water partition coefficient (Wildman–Crippen LogP) is 5.88. The summed E-state index contributed by atoms with van der Waals surface area (Å²) in [6.45, 7) is 1.77. The summed E-state index contributed by atoms with van der Waals surface area (Å²) in [5.41, 5.74) is 7.94. The third-order valence-corrected chi connectivity index (χ3v) is 5.71. The van der Waals surface area contributed by atoms with Gasteiger partial charge in [0, 0.05) is 26.7 Å². The quantitative estimate of drug-likeness (QED) is 0.344. The van der Waals surface area contributed by atoms with E-state index in [-0.39, 0.29) is 5.69 Å². The van der Waals surface area contributed by atoms with Gasteiger partial charge >= 0.3 is 0 Å². The molecular formula is C24H17Cl3N4O2. The number of aromatic nitrogens is 2. The molecule has 1 aromatic heterocycles. The normalized spacial score (nSPS) is 10.7. The van der Waals surface area contributed by atoms with E-state index in [1.807, 2.05) is 12.1 Å². The minimum absolute atomic E-state index is 0.124. The van der Waals surface area contributed by atoms with Crippen LogP contribution in [0.5, 0.6) is 0 Å². The largest absolute Gasteiger partial charge is 0.290 e. The Morgan fingerprint density at radius 2 is 1.45 bits per heavy atom. The Morgan fingerprint density at radius 1 is 0.818 bits per heavy atom. The molecule has 0 radical (unpaired) electrons. The summed E-state index contributed by atoms with van der Waals surface area (Å²) >= 11 is 18.5. The van der Waals surface area contributed by atoms with E-state index in [1.54, 1.807) is 72.3 Å². The lowest BCUT2D eigenvalue weighted by Gasteiger charge is -2.11. The SMILES string of the molecule is Cc1c(C(=O)NNC(=O)c2ccccc2)nn(-c2ccc(Cl)cc2Cl)c1-c1ccc(Cl)cc1. The molecule has 166 valence electrons. The van der Waals surface area contributed by atoms with Crippen LogP contribution >= 0.6 is 34.8 Å². The van der Waals surface area contributed by atoms with E-state index in [2.05, 4.69) is 16.0 Å². The van der Waals surface area contributed by atoms with Crippen LogP contribution in [0, 0.1) is 6.92 Å². The van der Waals surface area contributed by atoms with E-state index < -0.39 is 11.8 Å². The van der Waals surface area contributed by atoms with Gasteiger partial charge in [-0.05, 0) is 49.4 Å². The Labute approximate surface area is 205 Å². The maximum atomic E-state index is 12.9. The van der Waals surface area contributed by atoms with Gasteiger partial charge in [-0.15, -0.1) is 0 Å². The molecule has 4 aromatic rings. The number of carbonyl (C=O) groups excluding carboxylic acids is 2. The highest BCUT2D eigenvalue weighted by atomic mass is 35.5. The highest BCUT2D eigenvalue weighted by Crippen LogP contribution is 2.33. The van der Waals surface area contributed by atoms with Gasteiger partial charge in [-0.25, -0.2) is 4.68 Å². The summed E-state index contributed by atoms with van der Waals surface area (Å²) in [4.78, 5) is 25.2. The molecule has 0 bridgehead atoms. The topological polar surface area (TPSA) is 76.0 Å². The lowest BCUT2D eigenvalue weighted by Crippen LogP contribution is -2.42. The van der Waals surface area contributed by atoms with Crippen molar-refractivity contribution in [3.63, 3.8) is 0 Å². The number of rotatable bonds is 4. The average Bonchev–Trinajstić information content (AvgIpc) is 3.15. The molecule has 6 nitrogen and oxygen atoms in total. The fourth-order valence-corrected chi connectivity index (χ4v) is 3.93. The molecule has 2 N–H and O–H groups in total. The van der Waals surface area contributed by atoms with Crippen molar-refractivity contribution in [3.8, 4) is 16.9 Å². The second-order valence-electron chi connectivity index (χ2n) is 7.11. The lowest BCUT2D eigenvalue weighted by molar-refractivity contribution is 0.0843. The van der Waals surface area contributed by atoms with Crippen LogP contribution in [-0.4, -0.2) is 21.6 Å². The molecule has 9 heteroatoms. The molecule has 0 saturated carbocycles. The van der Waals surface area contributed by atoms with Crippen molar-refractivity contribution in [1.29, 1.82) is 0 Å². The molecule has 0 atom stereocenters. The molecular weight excluding hydrogens is 483 g/mol. The Hall–Kier alpha value is -3.32. The lowest BCUT2D eigenvalue weighted by atomic mass is 10.1. The smallest absolute Gasteiger partial charge is 0.267 e. The van der Waals surface area contributed by atoms with Crippen LogP contribution in [0.4, 0.5) is 0 Å². The highest BCUT2D eigenvalue weighted by Gasteiger charge is 2.23. The number of amides is 2. The Morgan fingerprint density at radius 3 is 2.12 bits per heavy atom. The second kappa shape index (κ2) is 9.67. The van der Waals surface area contributed by atoms with Crippen LogP contribution in [0.3, 0.4) is 0 Å². The van der Waals surface area contributed by atoms with E-state index in [9.17, 15) is 9.59 Å². The van der Waals surface area contributed by atoms with Crippen LogP contribution in [-0.2, 0) is 0 Å². The van der Waals surface area contributed by atoms with Crippen LogP contribution < -0.4 is 10.9 Å². The summed E-state index contributed by atoms with van der Waals surface area (Å²) in [6, 6.07) is 20.7. The zero-order chi connectivity index (χ0) is 23.5. The average molecular weight is 500 g/mol. The van der Waals surface area contributed by atoms with Gasteiger partial charge in [0.2, 0.25) is 0 Å². The standard InChI is InChI=1S/C24H17Cl3N4O2/c1-14-21(24(33)29-28-23(32)16-5-3-2-4-6-16)30-31(20-12-11-18(26)13-19(20)27)22(14)15-7-9-17(25)10-8-15/h2-13H,1H3,(H,28,32)(H,29,33). The zero-order valence-corrected chi connectivity index (χ0v) is 19.5. The highest BCUT2D eigenvalue weighted by molar-refractivity contribution is 6.35. The van der Waals surface area contributed by atoms with Gasteiger partial charge in [0.25, 0.3) is 11.8 Å². The molecule has 0 fully saturated rings. The van der Waals surface area contributed by atoms with E-state index in [4.69, 9.17) is 34.8 Å². The van der Waals surface area contributed by atoms with Gasteiger partial charge in [-0.1, -0.05) is 65.1 Å². The molecule has 0 aliphatic rings. The summed E-state index contributed by atoms with van der Waals surface area (Å²) in [5, 5.41) is 5.93. The van der Waals surface area contributed by atoms with Crippen molar-refractivity contribution in [2.45, 2.75) is 6.92 Å². The zero-order valence-electron chi connectivity index (χ0n) is 17.3. The first-order valence-corrected chi connectivity index (χ1v) is 10.9. The Kier molecular flexibility index (Phi) is 6.70. The minimum Gasteiger partial charge on any atom is -0.267 e. The van der Waals surface area contributed by atoms with Crippen molar-refractivity contribution in [2.24, 2.45) is 0 Å². The van der Waals surface area contributed by atoms with Crippen molar-refractivity contribution in [1.82, 2.24) is 20.6 Å². The molecule has 2 amide bonds. The van der Waals surface area contributed by atoms with Crippen LogP contribution in [0.2, 0.25) is 15.1 Å². The van der Waals surface area contributed by atoms with Gasteiger partial charge in [0.05, 0.1) is 16.4 Å². The number of nitrogens with one attached hydrogen (secondary N) is 2. The molecule has 1 heterocycles. The van der Waals surface area contributed by atoms with Crippen molar-refractivity contribution < 1.29 is 9.59 Å². The van der Waals surface area contributed by atoms with E-state index in [0.717, 1.165) is 5.56 Å². The van der Waals surface area contributed by atoms with Crippen molar-refractivity contribution in [3.05, 3.63) is 105 Å². The number of benzene rings is 3. The number of hydrogen-bond donors (Lipinski definition) is 2. The first-order valence-electron chi connectivity index (χ1n) is 9.82.